The highest BCUT2D eigenvalue weighted by Crippen LogP contribution is 2.24. The number of carbonyl (C=O) groups excluding carboxylic acids is 1. The predicted octanol–water partition coefficient (Wildman–Crippen LogP) is 5.64. The average Bonchev–Trinajstić information content (AvgIpc) is 3.01. The van der Waals surface area contributed by atoms with Crippen molar-refractivity contribution in [3.8, 4) is 17.5 Å². The maximum atomic E-state index is 12.6. The van der Waals surface area contributed by atoms with E-state index in [0.29, 0.717) is 12.3 Å². The molecule has 3 rings (SSSR count). The van der Waals surface area contributed by atoms with Crippen LogP contribution in [0.3, 0.4) is 0 Å². The summed E-state index contributed by atoms with van der Waals surface area (Å²) in [5.41, 5.74) is 4.53. The van der Waals surface area contributed by atoms with Crippen LogP contribution in [-0.2, 0) is 4.79 Å². The largest absolute Gasteiger partial charge is 0.494 e. The van der Waals surface area contributed by atoms with Crippen molar-refractivity contribution < 1.29 is 9.53 Å². The summed E-state index contributed by atoms with van der Waals surface area (Å²) >= 11 is 2.28. The number of nitrogens with zero attached hydrogens (tertiary/aromatic N) is 2. The Labute approximate surface area is 190 Å². The van der Waals surface area contributed by atoms with E-state index in [9.17, 15) is 10.1 Å². The second-order valence-electron chi connectivity index (χ2n) is 6.72. The molecule has 1 heterocycles. The van der Waals surface area contributed by atoms with E-state index in [1.165, 1.54) is 0 Å². The number of aryl methyl sites for hydroxylation is 1. The number of benzene rings is 2. The van der Waals surface area contributed by atoms with Crippen molar-refractivity contribution in [3.05, 3.63) is 80.7 Å². The highest BCUT2D eigenvalue weighted by atomic mass is 127. The maximum absolute atomic E-state index is 12.6. The first-order valence-electron chi connectivity index (χ1n) is 9.53. The van der Waals surface area contributed by atoms with Crippen molar-refractivity contribution in [2.75, 3.05) is 11.9 Å². The Hall–Kier alpha value is -3.05. The summed E-state index contributed by atoms with van der Waals surface area (Å²) in [5, 5.41) is 12.3. The average molecular weight is 511 g/mol. The Balaban J connectivity index is 1.85. The van der Waals surface area contributed by atoms with Gasteiger partial charge in [0.1, 0.15) is 17.4 Å². The van der Waals surface area contributed by atoms with Gasteiger partial charge in [-0.1, -0.05) is 0 Å². The van der Waals surface area contributed by atoms with Gasteiger partial charge in [-0.15, -0.1) is 0 Å². The molecule has 0 radical (unpaired) electrons. The maximum Gasteiger partial charge on any atom is 0.266 e. The van der Waals surface area contributed by atoms with Crippen LogP contribution in [-0.4, -0.2) is 17.1 Å². The third kappa shape index (κ3) is 4.92. The number of carbonyl (C=O) groups is 1. The number of hydrogen-bond acceptors (Lipinski definition) is 3. The van der Waals surface area contributed by atoms with Gasteiger partial charge in [0.25, 0.3) is 5.91 Å². The van der Waals surface area contributed by atoms with Gasteiger partial charge >= 0.3 is 0 Å². The molecule has 0 saturated carbocycles. The fraction of sp³-hybridized carbons (Fsp3) is 0.167. The number of nitriles is 1. The van der Waals surface area contributed by atoms with E-state index in [0.717, 1.165) is 32.0 Å². The van der Waals surface area contributed by atoms with Crippen LogP contribution in [0.4, 0.5) is 5.69 Å². The molecule has 1 aromatic heterocycles. The van der Waals surface area contributed by atoms with Crippen molar-refractivity contribution in [2.24, 2.45) is 0 Å². The van der Waals surface area contributed by atoms with Crippen LogP contribution in [0, 0.1) is 28.7 Å². The zero-order valence-corrected chi connectivity index (χ0v) is 19.2. The van der Waals surface area contributed by atoms with Gasteiger partial charge in [-0.05, 0) is 110 Å². The lowest BCUT2D eigenvalue weighted by Crippen LogP contribution is -2.13. The monoisotopic (exact) mass is 511 g/mol. The molecule has 2 aromatic carbocycles. The minimum Gasteiger partial charge on any atom is -0.494 e. The molecule has 3 aromatic rings. The van der Waals surface area contributed by atoms with Crippen LogP contribution < -0.4 is 10.1 Å². The normalized spacial score (nSPS) is 11.1. The van der Waals surface area contributed by atoms with E-state index < -0.39 is 5.91 Å². The summed E-state index contributed by atoms with van der Waals surface area (Å²) < 4.78 is 8.68. The van der Waals surface area contributed by atoms with Crippen molar-refractivity contribution in [1.29, 1.82) is 5.26 Å². The summed E-state index contributed by atoms with van der Waals surface area (Å²) in [6.07, 6.45) is 1.63. The van der Waals surface area contributed by atoms with Crippen LogP contribution in [0.25, 0.3) is 11.8 Å². The fourth-order valence-electron chi connectivity index (χ4n) is 3.22. The van der Waals surface area contributed by atoms with Crippen molar-refractivity contribution in [3.63, 3.8) is 0 Å². The van der Waals surface area contributed by atoms with Crippen molar-refractivity contribution in [1.82, 2.24) is 4.57 Å². The molecular weight excluding hydrogens is 489 g/mol. The number of ether oxygens (including phenoxy) is 1. The van der Waals surface area contributed by atoms with Crippen molar-refractivity contribution in [2.45, 2.75) is 20.8 Å². The molecule has 0 aliphatic carbocycles. The Kier molecular flexibility index (Phi) is 6.95. The van der Waals surface area contributed by atoms with E-state index in [-0.39, 0.29) is 5.57 Å². The Morgan fingerprint density at radius 1 is 1.17 bits per heavy atom. The molecular formula is C24H22IN3O2. The molecule has 30 heavy (non-hydrogen) atoms. The summed E-state index contributed by atoms with van der Waals surface area (Å²) in [6, 6.07) is 19.3. The van der Waals surface area contributed by atoms with Gasteiger partial charge in [-0.3, -0.25) is 4.79 Å². The molecule has 1 N–H and O–H groups in total. The summed E-state index contributed by atoms with van der Waals surface area (Å²) in [4.78, 5) is 12.6. The van der Waals surface area contributed by atoms with Crippen LogP contribution in [0.5, 0.6) is 5.75 Å². The molecule has 0 atom stereocenters. The SMILES string of the molecule is CCOc1ccc(NC(=O)/C(C#N)=C\c2cc(C)n(-c3ccc(I)cc3)c2C)cc1. The second-order valence-corrected chi connectivity index (χ2v) is 7.97. The molecule has 0 fully saturated rings. The van der Waals surface area contributed by atoms with Gasteiger partial charge in [-0.25, -0.2) is 0 Å². The zero-order valence-electron chi connectivity index (χ0n) is 17.1. The van der Waals surface area contributed by atoms with Crippen LogP contribution >= 0.6 is 22.6 Å². The van der Waals surface area contributed by atoms with Gasteiger partial charge in [-0.2, -0.15) is 5.26 Å². The summed E-state index contributed by atoms with van der Waals surface area (Å²) in [7, 11) is 0. The lowest BCUT2D eigenvalue weighted by Gasteiger charge is -2.10. The second kappa shape index (κ2) is 9.63. The third-order valence-electron chi connectivity index (χ3n) is 4.64. The minimum absolute atomic E-state index is 0.0479. The number of amides is 1. The molecule has 0 unspecified atom stereocenters. The smallest absolute Gasteiger partial charge is 0.266 e. The first-order chi connectivity index (χ1) is 14.4. The fourth-order valence-corrected chi connectivity index (χ4v) is 3.58. The Bertz CT molecular complexity index is 1120. The van der Waals surface area contributed by atoms with E-state index >= 15 is 0 Å². The Morgan fingerprint density at radius 3 is 2.43 bits per heavy atom. The highest BCUT2D eigenvalue weighted by Gasteiger charge is 2.14. The standard InChI is InChI=1S/C24H22IN3O2/c1-4-30-23-11-7-21(8-12-23)27-24(29)19(15-26)14-18-13-16(2)28(17(18)3)22-9-5-20(25)6-10-22/h5-14H,4H2,1-3H3,(H,27,29)/b19-14-. The molecule has 6 heteroatoms. The van der Waals surface area contributed by atoms with E-state index in [4.69, 9.17) is 4.74 Å². The predicted molar refractivity (Wildman–Crippen MR) is 128 cm³/mol. The van der Waals surface area contributed by atoms with E-state index in [2.05, 4.69) is 56.7 Å². The molecule has 1 amide bonds. The van der Waals surface area contributed by atoms with Gasteiger partial charge in [0.05, 0.1) is 6.61 Å². The third-order valence-corrected chi connectivity index (χ3v) is 5.36. The van der Waals surface area contributed by atoms with Gasteiger partial charge in [0.2, 0.25) is 0 Å². The molecule has 0 bridgehead atoms. The first kappa shape index (κ1) is 21.7. The number of halogens is 1. The summed E-state index contributed by atoms with van der Waals surface area (Å²) in [6.45, 7) is 6.48. The molecule has 0 aliphatic rings. The lowest BCUT2D eigenvalue weighted by atomic mass is 10.1. The summed E-state index contributed by atoms with van der Waals surface area (Å²) in [5.74, 6) is 0.287. The molecule has 0 saturated heterocycles. The topological polar surface area (TPSA) is 67.0 Å². The van der Waals surface area contributed by atoms with Gasteiger partial charge in [0, 0.05) is 26.3 Å². The minimum atomic E-state index is -0.444. The first-order valence-corrected chi connectivity index (χ1v) is 10.6. The molecule has 5 nitrogen and oxygen atoms in total. The highest BCUT2D eigenvalue weighted by molar-refractivity contribution is 14.1. The molecule has 0 spiro atoms. The number of hydrogen-bond donors (Lipinski definition) is 1. The molecule has 152 valence electrons. The van der Waals surface area contributed by atoms with E-state index in [1.54, 1.807) is 30.3 Å². The number of anilines is 1. The number of rotatable bonds is 6. The number of aromatic nitrogens is 1. The zero-order chi connectivity index (χ0) is 21.7. The van der Waals surface area contributed by atoms with E-state index in [1.807, 2.05) is 32.9 Å². The van der Waals surface area contributed by atoms with Crippen LogP contribution in [0.15, 0.2) is 60.2 Å². The van der Waals surface area contributed by atoms with Crippen molar-refractivity contribution >= 4 is 40.3 Å². The quantitative estimate of drug-likeness (QED) is 0.265. The lowest BCUT2D eigenvalue weighted by molar-refractivity contribution is -0.112. The van der Waals surface area contributed by atoms with Crippen LogP contribution in [0.1, 0.15) is 23.9 Å². The van der Waals surface area contributed by atoms with Gasteiger partial charge < -0.3 is 14.6 Å². The number of nitrogens with one attached hydrogen (secondary N) is 1. The van der Waals surface area contributed by atoms with Crippen LogP contribution in [0.2, 0.25) is 0 Å². The Morgan fingerprint density at radius 2 is 1.83 bits per heavy atom. The molecule has 0 aliphatic heterocycles. The van der Waals surface area contributed by atoms with Gasteiger partial charge in [0.15, 0.2) is 0 Å².